The van der Waals surface area contributed by atoms with Crippen LogP contribution in [0.25, 0.3) is 11.6 Å². The molecule has 0 atom stereocenters. The SMILES string of the molecule is CC(C)(C)OC=O.O=C1Nc2ccccc2C1=Cc1cccc(Cl)c1. The van der Waals surface area contributed by atoms with E-state index in [1.165, 1.54) is 0 Å². The Morgan fingerprint density at radius 2 is 1.80 bits per heavy atom. The first kappa shape index (κ1) is 18.7. The van der Waals surface area contributed by atoms with Gasteiger partial charge in [-0.15, -0.1) is 0 Å². The molecule has 0 saturated carbocycles. The molecule has 0 radical (unpaired) electrons. The minimum Gasteiger partial charge on any atom is -0.462 e. The maximum Gasteiger partial charge on any atom is 0.293 e. The number of carbonyl (C=O) groups is 2. The lowest BCUT2D eigenvalue weighted by Gasteiger charge is -2.14. The van der Waals surface area contributed by atoms with Crippen LogP contribution in [0.3, 0.4) is 0 Å². The Morgan fingerprint density at radius 1 is 1.08 bits per heavy atom. The lowest BCUT2D eigenvalue weighted by molar-refractivity contribution is -0.138. The van der Waals surface area contributed by atoms with Crippen LogP contribution in [-0.2, 0) is 14.3 Å². The summed E-state index contributed by atoms with van der Waals surface area (Å²) in [5.41, 5.74) is 3.07. The highest BCUT2D eigenvalue weighted by Crippen LogP contribution is 2.32. The fourth-order valence-corrected chi connectivity index (χ4v) is 2.39. The van der Waals surface area contributed by atoms with E-state index in [4.69, 9.17) is 11.6 Å². The summed E-state index contributed by atoms with van der Waals surface area (Å²) in [6.07, 6.45) is 1.85. The van der Waals surface area contributed by atoms with Crippen LogP contribution in [0.1, 0.15) is 31.9 Å². The number of fused-ring (bicyclic) bond motifs is 1. The van der Waals surface area contributed by atoms with Gasteiger partial charge in [0.05, 0.1) is 0 Å². The van der Waals surface area contributed by atoms with Gasteiger partial charge in [0.15, 0.2) is 0 Å². The second kappa shape index (κ2) is 7.99. The normalized spacial score (nSPS) is 14.2. The number of hydrogen-bond acceptors (Lipinski definition) is 3. The largest absolute Gasteiger partial charge is 0.462 e. The standard InChI is InChI=1S/C15H10ClNO.C5H10O2/c16-11-5-3-4-10(8-11)9-13-12-6-1-2-7-14(12)17-15(13)18;1-5(2,3)7-4-6/h1-9H,(H,17,18);4H,1-3H3. The summed E-state index contributed by atoms with van der Waals surface area (Å²) in [7, 11) is 0. The van der Waals surface area contributed by atoms with Gasteiger partial charge in [-0.25, -0.2) is 0 Å². The number of rotatable bonds is 2. The van der Waals surface area contributed by atoms with Crippen molar-refractivity contribution in [3.63, 3.8) is 0 Å². The average Bonchev–Trinajstić information content (AvgIpc) is 2.83. The lowest BCUT2D eigenvalue weighted by atomic mass is 10.0. The second-order valence-corrected chi connectivity index (χ2v) is 6.88. The molecule has 0 saturated heterocycles. The molecule has 1 aliphatic heterocycles. The van der Waals surface area contributed by atoms with Crippen molar-refractivity contribution in [1.82, 2.24) is 0 Å². The molecule has 25 heavy (non-hydrogen) atoms. The topological polar surface area (TPSA) is 55.4 Å². The third-order valence-electron chi connectivity index (χ3n) is 3.27. The molecule has 1 amide bonds. The van der Waals surface area contributed by atoms with Gasteiger partial charge in [0.25, 0.3) is 12.4 Å². The highest BCUT2D eigenvalue weighted by molar-refractivity contribution is 6.35. The van der Waals surface area contributed by atoms with E-state index in [0.717, 1.165) is 16.8 Å². The summed E-state index contributed by atoms with van der Waals surface area (Å²) in [5, 5.41) is 3.51. The van der Waals surface area contributed by atoms with E-state index >= 15 is 0 Å². The number of para-hydroxylation sites is 1. The Morgan fingerprint density at radius 3 is 2.40 bits per heavy atom. The van der Waals surface area contributed by atoms with Crippen LogP contribution in [0.4, 0.5) is 5.69 Å². The third kappa shape index (κ3) is 5.47. The van der Waals surface area contributed by atoms with Crippen molar-refractivity contribution in [2.45, 2.75) is 26.4 Å². The van der Waals surface area contributed by atoms with Crippen molar-refractivity contribution in [2.75, 3.05) is 5.32 Å². The molecule has 0 bridgehead atoms. The third-order valence-corrected chi connectivity index (χ3v) is 3.51. The molecule has 5 heteroatoms. The molecule has 0 aliphatic carbocycles. The number of benzene rings is 2. The highest BCUT2D eigenvalue weighted by Gasteiger charge is 2.23. The number of amides is 1. The van der Waals surface area contributed by atoms with Gasteiger partial charge in [-0.3, -0.25) is 9.59 Å². The molecule has 1 N–H and O–H groups in total. The average molecular weight is 358 g/mol. The van der Waals surface area contributed by atoms with Crippen LogP contribution >= 0.6 is 11.6 Å². The molecule has 0 aromatic heterocycles. The molecule has 1 heterocycles. The van der Waals surface area contributed by atoms with E-state index in [0.29, 0.717) is 17.1 Å². The van der Waals surface area contributed by atoms with Gasteiger partial charge in [-0.1, -0.05) is 41.9 Å². The van der Waals surface area contributed by atoms with Crippen LogP contribution in [0.2, 0.25) is 5.02 Å². The van der Waals surface area contributed by atoms with Gasteiger partial charge >= 0.3 is 0 Å². The van der Waals surface area contributed by atoms with E-state index < -0.39 is 0 Å². The van der Waals surface area contributed by atoms with Crippen LogP contribution in [0, 0.1) is 0 Å². The van der Waals surface area contributed by atoms with E-state index in [-0.39, 0.29) is 11.5 Å². The van der Waals surface area contributed by atoms with Crippen molar-refractivity contribution < 1.29 is 14.3 Å². The number of hydrogen-bond donors (Lipinski definition) is 1. The quantitative estimate of drug-likeness (QED) is 0.621. The zero-order valence-electron chi connectivity index (χ0n) is 14.4. The van der Waals surface area contributed by atoms with Crippen molar-refractivity contribution >= 4 is 41.3 Å². The second-order valence-electron chi connectivity index (χ2n) is 6.44. The number of ether oxygens (including phenoxy) is 1. The number of carbonyl (C=O) groups excluding carboxylic acids is 2. The first-order chi connectivity index (χ1) is 11.8. The molecule has 0 fully saturated rings. The Bertz CT molecular complexity index is 807. The smallest absolute Gasteiger partial charge is 0.293 e. The molecule has 0 unspecified atom stereocenters. The maximum absolute atomic E-state index is 11.9. The molecule has 4 nitrogen and oxygen atoms in total. The minimum absolute atomic E-state index is 0.0730. The lowest BCUT2D eigenvalue weighted by Crippen LogP contribution is -2.17. The van der Waals surface area contributed by atoms with E-state index in [1.54, 1.807) is 0 Å². The number of nitrogens with one attached hydrogen (secondary N) is 1. The molecule has 2 aromatic carbocycles. The summed E-state index contributed by atoms with van der Waals surface area (Å²) in [6.45, 7) is 5.92. The van der Waals surface area contributed by atoms with Crippen molar-refractivity contribution in [3.8, 4) is 0 Å². The number of anilines is 1. The Hall–Kier alpha value is -2.59. The van der Waals surface area contributed by atoms with Gasteiger partial charge in [0, 0.05) is 21.8 Å². The van der Waals surface area contributed by atoms with Crippen LogP contribution in [-0.4, -0.2) is 18.0 Å². The Balaban J connectivity index is 0.000000277. The Kier molecular flexibility index (Phi) is 5.99. The fraction of sp³-hybridized carbons (Fsp3) is 0.200. The zero-order valence-corrected chi connectivity index (χ0v) is 15.1. The van der Waals surface area contributed by atoms with E-state index in [2.05, 4.69) is 10.1 Å². The highest BCUT2D eigenvalue weighted by atomic mass is 35.5. The van der Waals surface area contributed by atoms with Gasteiger partial charge in [-0.05, 0) is 50.6 Å². The summed E-state index contributed by atoms with van der Waals surface area (Å²) in [6, 6.07) is 15.1. The van der Waals surface area contributed by atoms with E-state index in [9.17, 15) is 9.59 Å². The van der Waals surface area contributed by atoms with E-state index in [1.807, 2.05) is 75.4 Å². The molecule has 1 aliphatic rings. The molecule has 3 rings (SSSR count). The maximum atomic E-state index is 11.9. The number of halogens is 1. The molecular formula is C20H20ClNO3. The van der Waals surface area contributed by atoms with Crippen molar-refractivity contribution in [3.05, 3.63) is 64.7 Å². The summed E-state index contributed by atoms with van der Waals surface area (Å²) < 4.78 is 4.55. The first-order valence-corrected chi connectivity index (χ1v) is 8.17. The van der Waals surface area contributed by atoms with Crippen molar-refractivity contribution in [2.24, 2.45) is 0 Å². The van der Waals surface area contributed by atoms with Crippen molar-refractivity contribution in [1.29, 1.82) is 0 Å². The summed E-state index contributed by atoms with van der Waals surface area (Å²) in [4.78, 5) is 21.5. The monoisotopic (exact) mass is 357 g/mol. The predicted molar refractivity (Wildman–Crippen MR) is 101 cm³/mol. The Labute approximate surface area is 152 Å². The van der Waals surface area contributed by atoms with Gasteiger partial charge < -0.3 is 10.1 Å². The van der Waals surface area contributed by atoms with Crippen LogP contribution in [0.15, 0.2) is 48.5 Å². The minimum atomic E-state index is -0.318. The molecule has 130 valence electrons. The molecule has 0 spiro atoms. The van der Waals surface area contributed by atoms with Gasteiger partial charge in [0.1, 0.15) is 5.60 Å². The molecular weight excluding hydrogens is 338 g/mol. The fourth-order valence-electron chi connectivity index (χ4n) is 2.19. The first-order valence-electron chi connectivity index (χ1n) is 7.79. The summed E-state index contributed by atoms with van der Waals surface area (Å²) >= 11 is 5.94. The predicted octanol–water partition coefficient (Wildman–Crippen LogP) is 4.79. The van der Waals surface area contributed by atoms with Gasteiger partial charge in [-0.2, -0.15) is 0 Å². The zero-order chi connectivity index (χ0) is 18.4. The summed E-state index contributed by atoms with van der Waals surface area (Å²) in [5.74, 6) is -0.0730. The van der Waals surface area contributed by atoms with Crippen LogP contribution in [0.5, 0.6) is 0 Å². The van der Waals surface area contributed by atoms with Gasteiger partial charge in [0.2, 0.25) is 0 Å². The van der Waals surface area contributed by atoms with Crippen LogP contribution < -0.4 is 5.32 Å². The molecule has 2 aromatic rings.